The smallest absolute Gasteiger partial charge is 0.271 e. The lowest BCUT2D eigenvalue weighted by atomic mass is 10.2. The molecule has 0 saturated carbocycles. The predicted molar refractivity (Wildman–Crippen MR) is 69.5 cm³/mol. The molecule has 1 amide bonds. The molecular weight excluding hydrogens is 256 g/mol. The zero-order chi connectivity index (χ0) is 12.3. The molecule has 5 heteroatoms. The first-order valence-electron chi connectivity index (χ1n) is 5.11. The highest BCUT2D eigenvalue weighted by atomic mass is 35.5. The fourth-order valence-corrected chi connectivity index (χ4v) is 2.02. The van der Waals surface area contributed by atoms with Gasteiger partial charge in [0.05, 0.1) is 0 Å². The number of benzene rings is 1. The Morgan fingerprint density at radius 2 is 2.12 bits per heavy atom. The molecule has 1 aromatic carbocycles. The summed E-state index contributed by atoms with van der Waals surface area (Å²) in [5, 5.41) is 3.50. The predicted octanol–water partition coefficient (Wildman–Crippen LogP) is 3.03. The van der Waals surface area contributed by atoms with Gasteiger partial charge in [-0.3, -0.25) is 4.79 Å². The van der Waals surface area contributed by atoms with Crippen LogP contribution in [-0.4, -0.2) is 10.3 Å². The van der Waals surface area contributed by atoms with Crippen LogP contribution in [0.5, 0.6) is 0 Å². The molecule has 0 unspecified atom stereocenters. The first-order chi connectivity index (χ1) is 8.15. The van der Waals surface area contributed by atoms with E-state index in [0.717, 1.165) is 10.4 Å². The van der Waals surface area contributed by atoms with E-state index in [1.165, 1.54) is 11.5 Å². The lowest BCUT2D eigenvalue weighted by molar-refractivity contribution is 0.0947. The van der Waals surface area contributed by atoms with Crippen molar-refractivity contribution in [1.29, 1.82) is 0 Å². The lowest BCUT2D eigenvalue weighted by Crippen LogP contribution is -2.22. The van der Waals surface area contributed by atoms with E-state index in [1.807, 2.05) is 19.1 Å². The molecule has 0 spiro atoms. The third-order valence-electron chi connectivity index (χ3n) is 2.23. The third-order valence-corrected chi connectivity index (χ3v) is 3.17. The maximum Gasteiger partial charge on any atom is 0.271 e. The van der Waals surface area contributed by atoms with Gasteiger partial charge in [0.1, 0.15) is 5.69 Å². The van der Waals surface area contributed by atoms with E-state index in [0.29, 0.717) is 17.3 Å². The number of carbonyl (C=O) groups is 1. The van der Waals surface area contributed by atoms with Gasteiger partial charge >= 0.3 is 0 Å². The monoisotopic (exact) mass is 266 g/mol. The number of halogens is 1. The summed E-state index contributed by atoms with van der Waals surface area (Å²) in [6.45, 7) is 2.40. The molecule has 1 heterocycles. The number of nitrogens with zero attached hydrogens (tertiary/aromatic N) is 1. The summed E-state index contributed by atoms with van der Waals surface area (Å²) < 4.78 is 4.05. The van der Waals surface area contributed by atoms with Crippen molar-refractivity contribution < 1.29 is 4.79 Å². The van der Waals surface area contributed by atoms with Crippen molar-refractivity contribution in [2.45, 2.75) is 13.5 Å². The van der Waals surface area contributed by atoms with Crippen LogP contribution in [0, 0.1) is 6.92 Å². The third kappa shape index (κ3) is 3.28. The summed E-state index contributed by atoms with van der Waals surface area (Å²) in [7, 11) is 0. The minimum Gasteiger partial charge on any atom is -0.347 e. The molecule has 0 aliphatic heterocycles. The Kier molecular flexibility index (Phi) is 3.76. The molecule has 0 atom stereocenters. The number of rotatable bonds is 3. The van der Waals surface area contributed by atoms with E-state index in [-0.39, 0.29) is 5.91 Å². The van der Waals surface area contributed by atoms with Gasteiger partial charge in [-0.15, -0.1) is 0 Å². The summed E-state index contributed by atoms with van der Waals surface area (Å²) in [5.41, 5.74) is 1.48. The van der Waals surface area contributed by atoms with Crippen molar-refractivity contribution in [2.24, 2.45) is 0 Å². The minimum absolute atomic E-state index is 0.149. The fraction of sp³-hybridized carbons (Fsp3) is 0.167. The number of carbonyl (C=O) groups excluding carboxylic acids is 1. The molecule has 88 valence electrons. The second kappa shape index (κ2) is 5.29. The van der Waals surface area contributed by atoms with Gasteiger partial charge < -0.3 is 5.32 Å². The van der Waals surface area contributed by atoms with Gasteiger partial charge in [-0.1, -0.05) is 23.7 Å². The van der Waals surface area contributed by atoms with Crippen LogP contribution in [0.15, 0.2) is 30.3 Å². The Bertz CT molecular complexity index is 522. The second-order valence-electron chi connectivity index (χ2n) is 3.63. The first kappa shape index (κ1) is 12.1. The maximum atomic E-state index is 11.7. The Labute approximate surface area is 109 Å². The Morgan fingerprint density at radius 3 is 2.71 bits per heavy atom. The number of hydrogen-bond acceptors (Lipinski definition) is 3. The average Bonchev–Trinajstić information content (AvgIpc) is 2.75. The molecule has 0 bridgehead atoms. The molecule has 17 heavy (non-hydrogen) atoms. The van der Waals surface area contributed by atoms with Gasteiger partial charge in [-0.2, -0.15) is 4.37 Å². The molecule has 2 rings (SSSR count). The minimum atomic E-state index is -0.149. The average molecular weight is 267 g/mol. The first-order valence-corrected chi connectivity index (χ1v) is 6.26. The van der Waals surface area contributed by atoms with Gasteiger partial charge in [0.2, 0.25) is 0 Å². The Hall–Kier alpha value is -1.39. The van der Waals surface area contributed by atoms with Crippen LogP contribution in [0.1, 0.15) is 20.9 Å². The fourth-order valence-electron chi connectivity index (χ4n) is 1.35. The van der Waals surface area contributed by atoms with Gasteiger partial charge in [-0.25, -0.2) is 0 Å². The molecule has 0 radical (unpaired) electrons. The number of aryl methyl sites for hydroxylation is 1. The standard InChI is InChI=1S/C12H11ClN2OS/c1-8-6-11(15-17-8)12(16)14-7-9-2-4-10(13)5-3-9/h2-6H,7H2,1H3,(H,14,16). The molecule has 1 aromatic heterocycles. The highest BCUT2D eigenvalue weighted by molar-refractivity contribution is 7.05. The molecule has 2 aromatic rings. The molecule has 0 saturated heterocycles. The molecule has 3 nitrogen and oxygen atoms in total. The van der Waals surface area contributed by atoms with Gasteiger partial charge in [-0.05, 0) is 42.2 Å². The summed E-state index contributed by atoms with van der Waals surface area (Å²) in [6.07, 6.45) is 0. The normalized spacial score (nSPS) is 10.2. The van der Waals surface area contributed by atoms with Crippen molar-refractivity contribution in [1.82, 2.24) is 9.69 Å². The van der Waals surface area contributed by atoms with E-state index < -0.39 is 0 Å². The van der Waals surface area contributed by atoms with Crippen molar-refractivity contribution in [2.75, 3.05) is 0 Å². The quantitative estimate of drug-likeness (QED) is 0.928. The van der Waals surface area contributed by atoms with E-state index in [4.69, 9.17) is 11.6 Å². The topological polar surface area (TPSA) is 42.0 Å². The molecule has 1 N–H and O–H groups in total. The van der Waals surface area contributed by atoms with Gasteiger partial charge in [0, 0.05) is 16.4 Å². The van der Waals surface area contributed by atoms with Crippen molar-refractivity contribution in [3.8, 4) is 0 Å². The van der Waals surface area contributed by atoms with E-state index >= 15 is 0 Å². The number of amides is 1. The molecule has 0 aliphatic carbocycles. The van der Waals surface area contributed by atoms with E-state index in [9.17, 15) is 4.79 Å². The van der Waals surface area contributed by atoms with Gasteiger partial charge in [0.15, 0.2) is 0 Å². The van der Waals surface area contributed by atoms with Crippen LogP contribution in [0.2, 0.25) is 5.02 Å². The van der Waals surface area contributed by atoms with Crippen molar-refractivity contribution in [3.63, 3.8) is 0 Å². The number of nitrogens with one attached hydrogen (secondary N) is 1. The summed E-state index contributed by atoms with van der Waals surface area (Å²) >= 11 is 7.11. The number of aromatic nitrogens is 1. The largest absolute Gasteiger partial charge is 0.347 e. The van der Waals surface area contributed by atoms with Gasteiger partial charge in [0.25, 0.3) is 5.91 Å². The van der Waals surface area contributed by atoms with Crippen LogP contribution in [-0.2, 0) is 6.54 Å². The second-order valence-corrected chi connectivity index (χ2v) is 5.08. The van der Waals surface area contributed by atoms with Crippen LogP contribution in [0.4, 0.5) is 0 Å². The van der Waals surface area contributed by atoms with Crippen LogP contribution < -0.4 is 5.32 Å². The Morgan fingerprint density at radius 1 is 1.41 bits per heavy atom. The summed E-state index contributed by atoms with van der Waals surface area (Å²) in [4.78, 5) is 12.7. The van der Waals surface area contributed by atoms with Crippen LogP contribution in [0.25, 0.3) is 0 Å². The summed E-state index contributed by atoms with van der Waals surface area (Å²) in [6, 6.07) is 9.15. The van der Waals surface area contributed by atoms with E-state index in [1.54, 1.807) is 18.2 Å². The Balaban J connectivity index is 1.94. The maximum absolute atomic E-state index is 11.7. The highest BCUT2D eigenvalue weighted by Gasteiger charge is 2.08. The zero-order valence-corrected chi connectivity index (χ0v) is 10.8. The lowest BCUT2D eigenvalue weighted by Gasteiger charge is -2.03. The zero-order valence-electron chi connectivity index (χ0n) is 9.24. The van der Waals surface area contributed by atoms with Crippen molar-refractivity contribution in [3.05, 3.63) is 51.5 Å². The van der Waals surface area contributed by atoms with Crippen molar-refractivity contribution >= 4 is 29.0 Å². The molecule has 0 aliphatic rings. The van der Waals surface area contributed by atoms with Crippen LogP contribution >= 0.6 is 23.1 Å². The number of hydrogen-bond donors (Lipinski definition) is 1. The van der Waals surface area contributed by atoms with Crippen LogP contribution in [0.3, 0.4) is 0 Å². The SMILES string of the molecule is Cc1cc(C(=O)NCc2ccc(Cl)cc2)ns1. The summed E-state index contributed by atoms with van der Waals surface area (Å²) in [5.74, 6) is -0.149. The van der Waals surface area contributed by atoms with E-state index in [2.05, 4.69) is 9.69 Å². The molecule has 0 fully saturated rings. The highest BCUT2D eigenvalue weighted by Crippen LogP contribution is 2.10. The molecular formula is C12H11ClN2OS.